The maximum Gasteiger partial charge on any atom is 0.119 e. The van der Waals surface area contributed by atoms with E-state index in [1.807, 2.05) is 12.1 Å². The van der Waals surface area contributed by atoms with E-state index in [0.29, 0.717) is 12.6 Å². The van der Waals surface area contributed by atoms with Gasteiger partial charge in [0.25, 0.3) is 0 Å². The van der Waals surface area contributed by atoms with Crippen LogP contribution in [0.4, 0.5) is 0 Å². The first-order chi connectivity index (χ1) is 9.63. The van der Waals surface area contributed by atoms with Crippen molar-refractivity contribution in [3.8, 4) is 5.75 Å². The fourth-order valence-electron chi connectivity index (χ4n) is 1.91. The van der Waals surface area contributed by atoms with E-state index in [0.717, 1.165) is 12.3 Å². The smallest absolute Gasteiger partial charge is 0.119 e. The molecule has 0 aliphatic heterocycles. The standard InChI is InChI=1S/C18H23NO/c1-14-4-8-17(9-5-14)12-19-16(3)13-20-18-10-6-15(2)7-11-18/h4-11,16,19H,12-13H2,1-3H3. The minimum atomic E-state index is 0.317. The van der Waals surface area contributed by atoms with Crippen LogP contribution in [0.25, 0.3) is 0 Å². The minimum absolute atomic E-state index is 0.317. The first-order valence-corrected chi connectivity index (χ1v) is 7.12. The summed E-state index contributed by atoms with van der Waals surface area (Å²) in [5.74, 6) is 0.930. The Morgan fingerprint density at radius 2 is 1.45 bits per heavy atom. The van der Waals surface area contributed by atoms with Crippen LogP contribution >= 0.6 is 0 Å². The van der Waals surface area contributed by atoms with E-state index in [4.69, 9.17) is 4.74 Å². The molecular weight excluding hydrogens is 246 g/mol. The molecule has 0 bridgehead atoms. The van der Waals surface area contributed by atoms with Crippen molar-refractivity contribution in [2.45, 2.75) is 33.4 Å². The highest BCUT2D eigenvalue weighted by Gasteiger charge is 2.03. The molecule has 0 saturated carbocycles. The Morgan fingerprint density at radius 3 is 2.05 bits per heavy atom. The van der Waals surface area contributed by atoms with Gasteiger partial charge in [0.05, 0.1) is 0 Å². The van der Waals surface area contributed by atoms with Gasteiger partial charge in [0.15, 0.2) is 0 Å². The molecular formula is C18H23NO. The van der Waals surface area contributed by atoms with Crippen molar-refractivity contribution in [3.05, 3.63) is 65.2 Å². The molecule has 1 N–H and O–H groups in total. The molecule has 1 unspecified atom stereocenters. The Labute approximate surface area is 121 Å². The minimum Gasteiger partial charge on any atom is -0.492 e. The second kappa shape index (κ2) is 7.11. The number of nitrogens with one attached hydrogen (secondary N) is 1. The van der Waals surface area contributed by atoms with E-state index in [9.17, 15) is 0 Å². The van der Waals surface area contributed by atoms with Gasteiger partial charge in [0.1, 0.15) is 12.4 Å². The average Bonchev–Trinajstić information content (AvgIpc) is 2.46. The number of hydrogen-bond acceptors (Lipinski definition) is 2. The molecule has 2 rings (SSSR count). The van der Waals surface area contributed by atoms with Crippen LogP contribution in [0.2, 0.25) is 0 Å². The summed E-state index contributed by atoms with van der Waals surface area (Å²) in [6, 6.07) is 17.1. The monoisotopic (exact) mass is 269 g/mol. The van der Waals surface area contributed by atoms with Crippen LogP contribution in [-0.4, -0.2) is 12.6 Å². The zero-order valence-electron chi connectivity index (χ0n) is 12.5. The van der Waals surface area contributed by atoms with Crippen LogP contribution in [0.3, 0.4) is 0 Å². The van der Waals surface area contributed by atoms with Gasteiger partial charge >= 0.3 is 0 Å². The highest BCUT2D eigenvalue weighted by atomic mass is 16.5. The number of benzene rings is 2. The molecule has 0 heterocycles. The van der Waals surface area contributed by atoms with Crippen molar-refractivity contribution in [1.29, 1.82) is 0 Å². The lowest BCUT2D eigenvalue weighted by molar-refractivity contribution is 0.272. The van der Waals surface area contributed by atoms with E-state index in [1.54, 1.807) is 0 Å². The molecule has 2 heteroatoms. The molecule has 0 radical (unpaired) electrons. The van der Waals surface area contributed by atoms with Crippen molar-refractivity contribution in [1.82, 2.24) is 5.32 Å². The fourth-order valence-corrected chi connectivity index (χ4v) is 1.91. The number of ether oxygens (including phenoxy) is 1. The zero-order valence-corrected chi connectivity index (χ0v) is 12.5. The van der Waals surface area contributed by atoms with E-state index < -0.39 is 0 Å². The number of aryl methyl sites for hydroxylation is 2. The third-order valence-corrected chi connectivity index (χ3v) is 3.30. The van der Waals surface area contributed by atoms with Crippen molar-refractivity contribution >= 4 is 0 Å². The van der Waals surface area contributed by atoms with Crippen LogP contribution < -0.4 is 10.1 Å². The molecule has 0 spiro atoms. The van der Waals surface area contributed by atoms with Gasteiger partial charge in [-0.25, -0.2) is 0 Å². The van der Waals surface area contributed by atoms with E-state index in [2.05, 4.69) is 62.5 Å². The second-order valence-electron chi connectivity index (χ2n) is 5.39. The molecule has 106 valence electrons. The summed E-state index contributed by atoms with van der Waals surface area (Å²) in [6.45, 7) is 7.88. The Balaban J connectivity index is 1.73. The van der Waals surface area contributed by atoms with E-state index in [-0.39, 0.29) is 0 Å². The molecule has 0 aromatic heterocycles. The molecule has 2 aromatic rings. The van der Waals surface area contributed by atoms with Gasteiger partial charge in [0, 0.05) is 12.6 Å². The fraction of sp³-hybridized carbons (Fsp3) is 0.333. The number of hydrogen-bond donors (Lipinski definition) is 1. The number of rotatable bonds is 6. The summed E-state index contributed by atoms with van der Waals surface area (Å²) in [5, 5.41) is 3.47. The Kier molecular flexibility index (Phi) is 5.19. The summed E-state index contributed by atoms with van der Waals surface area (Å²) < 4.78 is 5.77. The summed E-state index contributed by atoms with van der Waals surface area (Å²) in [4.78, 5) is 0. The lowest BCUT2D eigenvalue weighted by Gasteiger charge is -2.15. The lowest BCUT2D eigenvalue weighted by atomic mass is 10.1. The molecule has 0 aliphatic carbocycles. The van der Waals surface area contributed by atoms with E-state index in [1.165, 1.54) is 16.7 Å². The third-order valence-electron chi connectivity index (χ3n) is 3.30. The van der Waals surface area contributed by atoms with Crippen LogP contribution in [0.5, 0.6) is 5.75 Å². The maximum absolute atomic E-state index is 5.77. The Hall–Kier alpha value is -1.80. The van der Waals surface area contributed by atoms with Gasteiger partial charge in [-0.2, -0.15) is 0 Å². The highest BCUT2D eigenvalue weighted by Crippen LogP contribution is 2.11. The molecule has 0 aliphatic rings. The van der Waals surface area contributed by atoms with Gasteiger partial charge in [-0.1, -0.05) is 47.5 Å². The molecule has 20 heavy (non-hydrogen) atoms. The first-order valence-electron chi connectivity index (χ1n) is 7.12. The normalized spacial score (nSPS) is 12.2. The molecule has 2 aromatic carbocycles. The van der Waals surface area contributed by atoms with Gasteiger partial charge in [-0.15, -0.1) is 0 Å². The van der Waals surface area contributed by atoms with Gasteiger partial charge in [0.2, 0.25) is 0 Å². The van der Waals surface area contributed by atoms with Gasteiger partial charge in [-0.05, 0) is 38.5 Å². The van der Waals surface area contributed by atoms with Crippen LogP contribution in [0.15, 0.2) is 48.5 Å². The summed E-state index contributed by atoms with van der Waals surface area (Å²) in [6.07, 6.45) is 0. The molecule has 1 atom stereocenters. The zero-order chi connectivity index (χ0) is 14.4. The first kappa shape index (κ1) is 14.6. The Morgan fingerprint density at radius 1 is 0.900 bits per heavy atom. The average molecular weight is 269 g/mol. The van der Waals surface area contributed by atoms with Crippen LogP contribution in [-0.2, 0) is 6.54 Å². The Bertz CT molecular complexity index is 467. The van der Waals surface area contributed by atoms with Gasteiger partial charge < -0.3 is 10.1 Å². The van der Waals surface area contributed by atoms with Crippen LogP contribution in [0, 0.1) is 13.8 Å². The van der Waals surface area contributed by atoms with Crippen molar-refractivity contribution in [2.75, 3.05) is 6.61 Å². The molecule has 0 amide bonds. The maximum atomic E-state index is 5.77. The molecule has 2 nitrogen and oxygen atoms in total. The topological polar surface area (TPSA) is 21.3 Å². The summed E-state index contributed by atoms with van der Waals surface area (Å²) in [7, 11) is 0. The SMILES string of the molecule is Cc1ccc(CNC(C)COc2ccc(C)cc2)cc1. The predicted molar refractivity (Wildman–Crippen MR) is 84.2 cm³/mol. The van der Waals surface area contributed by atoms with Gasteiger partial charge in [-0.3, -0.25) is 0 Å². The largest absolute Gasteiger partial charge is 0.492 e. The predicted octanol–water partition coefficient (Wildman–Crippen LogP) is 3.86. The lowest BCUT2D eigenvalue weighted by Crippen LogP contribution is -2.31. The molecule has 0 fully saturated rings. The summed E-state index contributed by atoms with van der Waals surface area (Å²) in [5.41, 5.74) is 3.85. The highest BCUT2D eigenvalue weighted by molar-refractivity contribution is 5.26. The van der Waals surface area contributed by atoms with Crippen molar-refractivity contribution in [2.24, 2.45) is 0 Å². The second-order valence-corrected chi connectivity index (χ2v) is 5.39. The van der Waals surface area contributed by atoms with E-state index >= 15 is 0 Å². The van der Waals surface area contributed by atoms with Crippen molar-refractivity contribution in [3.63, 3.8) is 0 Å². The van der Waals surface area contributed by atoms with Crippen molar-refractivity contribution < 1.29 is 4.74 Å². The van der Waals surface area contributed by atoms with Crippen LogP contribution in [0.1, 0.15) is 23.6 Å². The quantitative estimate of drug-likeness (QED) is 0.859. The third kappa shape index (κ3) is 4.71. The molecule has 0 saturated heterocycles. The summed E-state index contributed by atoms with van der Waals surface area (Å²) >= 11 is 0.